The van der Waals surface area contributed by atoms with Gasteiger partial charge in [-0.15, -0.1) is 11.3 Å². The van der Waals surface area contributed by atoms with Crippen molar-refractivity contribution in [3.63, 3.8) is 0 Å². The van der Waals surface area contributed by atoms with Crippen molar-refractivity contribution in [2.45, 2.75) is 26.3 Å². The largest absolute Gasteiger partial charge is 0.326 e. The Morgan fingerprint density at radius 1 is 1.03 bits per heavy atom. The van der Waals surface area contributed by atoms with Crippen LogP contribution in [-0.4, -0.2) is 57.9 Å². The van der Waals surface area contributed by atoms with Gasteiger partial charge in [0.25, 0.3) is 5.91 Å². The fourth-order valence-corrected chi connectivity index (χ4v) is 5.60. The molecule has 1 saturated heterocycles. The Labute approximate surface area is 218 Å². The van der Waals surface area contributed by atoms with Crippen molar-refractivity contribution < 1.29 is 18.0 Å². The molecule has 0 spiro atoms. The molecule has 9 nitrogen and oxygen atoms in total. The maximum absolute atomic E-state index is 12.9. The van der Waals surface area contributed by atoms with Gasteiger partial charge in [-0.25, -0.2) is 13.4 Å². The lowest BCUT2D eigenvalue weighted by molar-refractivity contribution is -0.123. The molecular formula is C26H25N5O4S2. The summed E-state index contributed by atoms with van der Waals surface area (Å²) in [5.74, 6) is -0.702. The summed E-state index contributed by atoms with van der Waals surface area (Å²) in [5.41, 5.74) is 5.94. The predicted molar refractivity (Wildman–Crippen MR) is 143 cm³/mol. The molecule has 0 saturated carbocycles. The van der Waals surface area contributed by atoms with Crippen LogP contribution in [0, 0.1) is 13.8 Å². The molecule has 0 radical (unpaired) electrons. The van der Waals surface area contributed by atoms with Gasteiger partial charge < -0.3 is 10.2 Å². The van der Waals surface area contributed by atoms with Crippen LogP contribution < -0.4 is 5.32 Å². The Kier molecular flexibility index (Phi) is 6.42. The summed E-state index contributed by atoms with van der Waals surface area (Å²) in [5, 5.41) is 5.16. The molecule has 1 unspecified atom stereocenters. The molecule has 0 aliphatic carbocycles. The Balaban J connectivity index is 1.28. The van der Waals surface area contributed by atoms with Crippen LogP contribution in [-0.2, 0) is 14.8 Å². The number of amides is 2. The lowest BCUT2D eigenvalue weighted by Gasteiger charge is -2.39. The van der Waals surface area contributed by atoms with E-state index in [0.29, 0.717) is 18.1 Å². The van der Waals surface area contributed by atoms with E-state index in [0.717, 1.165) is 44.0 Å². The fraction of sp³-hybridized carbons (Fsp3) is 0.231. The third-order valence-corrected chi connectivity index (χ3v) is 7.94. The van der Waals surface area contributed by atoms with E-state index in [-0.39, 0.29) is 17.4 Å². The predicted octanol–water partition coefficient (Wildman–Crippen LogP) is 3.95. The van der Waals surface area contributed by atoms with Gasteiger partial charge >= 0.3 is 0 Å². The second kappa shape index (κ2) is 9.56. The summed E-state index contributed by atoms with van der Waals surface area (Å²) in [6, 6.07) is 12.9. The van der Waals surface area contributed by atoms with Gasteiger partial charge in [-0.2, -0.15) is 0 Å². The molecule has 37 heavy (non-hydrogen) atoms. The average Bonchev–Trinajstić information content (AvgIpc) is 3.48. The highest BCUT2D eigenvalue weighted by molar-refractivity contribution is 7.89. The minimum atomic E-state index is -3.49. The summed E-state index contributed by atoms with van der Waals surface area (Å²) in [7, 11) is -3.49. The van der Waals surface area contributed by atoms with Gasteiger partial charge in [0.05, 0.1) is 17.5 Å². The highest BCUT2D eigenvalue weighted by Crippen LogP contribution is 2.30. The van der Waals surface area contributed by atoms with E-state index in [4.69, 9.17) is 0 Å². The number of anilines is 1. The van der Waals surface area contributed by atoms with Crippen molar-refractivity contribution in [3.05, 3.63) is 77.2 Å². The van der Waals surface area contributed by atoms with Crippen molar-refractivity contribution in [2.75, 3.05) is 18.1 Å². The third kappa shape index (κ3) is 5.18. The highest BCUT2D eigenvalue weighted by atomic mass is 32.2. The molecule has 0 bridgehead atoms. The Bertz CT molecular complexity index is 1600. The number of thiazole rings is 1. The maximum atomic E-state index is 12.9. The van der Waals surface area contributed by atoms with Crippen LogP contribution in [0.3, 0.4) is 0 Å². The number of nitrogens with one attached hydrogen (secondary N) is 1. The van der Waals surface area contributed by atoms with Crippen molar-refractivity contribution in [3.8, 4) is 22.4 Å². The van der Waals surface area contributed by atoms with E-state index < -0.39 is 16.1 Å². The SMILES string of the molecule is Cc1cc(-c2cccc(-c3csc(NC(=O)C4CCN4C(=O)c4ccn(S(C)(=O)=O)c4)n3)c2)cc(C)n1. The number of nitrogens with zero attached hydrogens (tertiary/aromatic N) is 4. The Hall–Kier alpha value is -3.83. The van der Waals surface area contributed by atoms with Crippen LogP contribution >= 0.6 is 11.3 Å². The first-order chi connectivity index (χ1) is 17.6. The van der Waals surface area contributed by atoms with Gasteiger partial charge in [-0.05, 0) is 55.7 Å². The lowest BCUT2D eigenvalue weighted by Crippen LogP contribution is -2.56. The number of benzene rings is 1. The van der Waals surface area contributed by atoms with Gasteiger partial charge in [-0.3, -0.25) is 18.5 Å². The summed E-state index contributed by atoms with van der Waals surface area (Å²) in [4.78, 5) is 36.2. The Morgan fingerprint density at radius 3 is 2.41 bits per heavy atom. The number of hydrogen-bond acceptors (Lipinski definition) is 7. The number of carbonyl (C=O) groups is 2. The van der Waals surface area contributed by atoms with Gasteiger partial charge in [0.2, 0.25) is 15.9 Å². The van der Waals surface area contributed by atoms with E-state index in [1.165, 1.54) is 34.7 Å². The van der Waals surface area contributed by atoms with Crippen LogP contribution in [0.15, 0.2) is 60.2 Å². The van der Waals surface area contributed by atoms with Crippen molar-refractivity contribution in [1.29, 1.82) is 0 Å². The van der Waals surface area contributed by atoms with Gasteiger partial charge in [0.15, 0.2) is 5.13 Å². The molecule has 4 heterocycles. The molecule has 4 aromatic rings. The average molecular weight is 536 g/mol. The first-order valence-corrected chi connectivity index (χ1v) is 14.3. The van der Waals surface area contributed by atoms with Crippen LogP contribution in [0.2, 0.25) is 0 Å². The molecule has 1 N–H and O–H groups in total. The van der Waals surface area contributed by atoms with Crippen LogP contribution in [0.5, 0.6) is 0 Å². The fourth-order valence-electron chi connectivity index (χ4n) is 4.29. The smallest absolute Gasteiger partial charge is 0.256 e. The molecule has 3 aromatic heterocycles. The Morgan fingerprint density at radius 2 is 1.76 bits per heavy atom. The second-order valence-electron chi connectivity index (χ2n) is 9.04. The van der Waals surface area contributed by atoms with E-state index in [9.17, 15) is 18.0 Å². The zero-order chi connectivity index (χ0) is 26.3. The normalized spacial score (nSPS) is 15.3. The van der Waals surface area contributed by atoms with Gasteiger partial charge in [0, 0.05) is 41.3 Å². The lowest BCUT2D eigenvalue weighted by atomic mass is 10.0. The molecule has 5 rings (SSSR count). The minimum absolute atomic E-state index is 0.221. The van der Waals surface area contributed by atoms with Crippen LogP contribution in [0.25, 0.3) is 22.4 Å². The number of hydrogen-bond donors (Lipinski definition) is 1. The summed E-state index contributed by atoms with van der Waals surface area (Å²) in [6.07, 6.45) is 4.16. The van der Waals surface area contributed by atoms with Crippen LogP contribution in [0.4, 0.5) is 5.13 Å². The third-order valence-electron chi connectivity index (χ3n) is 6.19. The number of aromatic nitrogens is 3. The molecule has 2 amide bonds. The first kappa shape index (κ1) is 24.8. The molecule has 11 heteroatoms. The molecule has 1 aliphatic heterocycles. The zero-order valence-corrected chi connectivity index (χ0v) is 22.1. The van der Waals surface area contributed by atoms with E-state index >= 15 is 0 Å². The molecule has 1 fully saturated rings. The summed E-state index contributed by atoms with van der Waals surface area (Å²) >= 11 is 1.32. The van der Waals surface area contributed by atoms with Gasteiger partial charge in [-0.1, -0.05) is 18.2 Å². The van der Waals surface area contributed by atoms with E-state index in [2.05, 4.69) is 21.4 Å². The standard InChI is InChI=1S/C26H25N5O4S2/c1-16-11-21(12-17(2)27-16)18-5-4-6-19(13-18)22-15-36-26(28-22)29-24(32)23-8-10-31(23)25(33)20-7-9-30(14-20)37(3,34)35/h4-7,9,11-15,23H,8,10H2,1-3H3,(H,28,29,32). The molecule has 190 valence electrons. The van der Waals surface area contributed by atoms with Crippen molar-refractivity contribution in [1.82, 2.24) is 18.8 Å². The molecule has 1 atom stereocenters. The summed E-state index contributed by atoms with van der Waals surface area (Å²) < 4.78 is 24.4. The number of rotatable bonds is 6. The minimum Gasteiger partial charge on any atom is -0.326 e. The number of pyridine rings is 1. The zero-order valence-electron chi connectivity index (χ0n) is 20.5. The number of aryl methyl sites for hydroxylation is 2. The topological polar surface area (TPSA) is 114 Å². The number of likely N-dealkylation sites (tertiary alicyclic amines) is 1. The first-order valence-electron chi connectivity index (χ1n) is 11.6. The second-order valence-corrected chi connectivity index (χ2v) is 11.8. The van der Waals surface area contributed by atoms with E-state index in [1.807, 2.05) is 49.6 Å². The van der Waals surface area contributed by atoms with Crippen molar-refractivity contribution in [2.24, 2.45) is 0 Å². The van der Waals surface area contributed by atoms with Gasteiger partial charge in [0.1, 0.15) is 6.04 Å². The molecule has 1 aliphatic rings. The molecule has 1 aromatic carbocycles. The number of carbonyl (C=O) groups excluding carboxylic acids is 2. The summed E-state index contributed by atoms with van der Waals surface area (Å²) in [6.45, 7) is 4.36. The van der Waals surface area contributed by atoms with Crippen molar-refractivity contribution >= 4 is 38.3 Å². The maximum Gasteiger partial charge on any atom is 0.256 e. The van der Waals surface area contributed by atoms with E-state index in [1.54, 1.807) is 0 Å². The highest BCUT2D eigenvalue weighted by Gasteiger charge is 2.38. The van der Waals surface area contributed by atoms with Crippen LogP contribution in [0.1, 0.15) is 28.2 Å². The monoisotopic (exact) mass is 535 g/mol. The molecular weight excluding hydrogens is 510 g/mol. The quantitative estimate of drug-likeness (QED) is 0.400.